The Labute approximate surface area is 235 Å². The van der Waals surface area contributed by atoms with Gasteiger partial charge in [-0.2, -0.15) is 9.78 Å². The van der Waals surface area contributed by atoms with Gasteiger partial charge in [-0.15, -0.1) is 0 Å². The van der Waals surface area contributed by atoms with Gasteiger partial charge >= 0.3 is 5.97 Å². The van der Waals surface area contributed by atoms with Crippen LogP contribution in [0.2, 0.25) is 0 Å². The summed E-state index contributed by atoms with van der Waals surface area (Å²) in [6, 6.07) is 15.6. The summed E-state index contributed by atoms with van der Waals surface area (Å²) in [4.78, 5) is 29.2. The number of halogens is 2. The lowest BCUT2D eigenvalue weighted by Crippen LogP contribution is -2.23. The van der Waals surface area contributed by atoms with Gasteiger partial charge in [0.1, 0.15) is 12.4 Å². The predicted octanol–water partition coefficient (Wildman–Crippen LogP) is 6.06. The summed E-state index contributed by atoms with van der Waals surface area (Å²) in [5.74, 6) is 0.550. The van der Waals surface area contributed by atoms with Gasteiger partial charge in [0.05, 0.1) is 33.4 Å². The Morgan fingerprint density at radius 2 is 2.00 bits per heavy atom. The number of nitrogens with zero attached hydrogens (tertiary/aromatic N) is 3. The first kappa shape index (κ1) is 26.8. The zero-order valence-electron chi connectivity index (χ0n) is 20.2. The average Bonchev–Trinajstić information content (AvgIpc) is 2.87. The van der Waals surface area contributed by atoms with Crippen molar-refractivity contribution in [1.29, 1.82) is 0 Å². The van der Waals surface area contributed by atoms with Crippen LogP contribution in [0.25, 0.3) is 10.9 Å². The number of hydrogen-bond donors (Lipinski definition) is 1. The van der Waals surface area contributed by atoms with Crippen molar-refractivity contribution in [3.8, 4) is 11.5 Å². The molecule has 1 heterocycles. The molecule has 0 fully saturated rings. The minimum absolute atomic E-state index is 0.0250. The third-order valence-electron chi connectivity index (χ3n) is 5.48. The van der Waals surface area contributed by atoms with Gasteiger partial charge in [-0.3, -0.25) is 4.79 Å². The molecule has 0 amide bonds. The summed E-state index contributed by atoms with van der Waals surface area (Å²) in [6.45, 7) is 4.10. The number of aromatic carboxylic acids is 1. The predicted molar refractivity (Wildman–Crippen MR) is 154 cm³/mol. The molecule has 8 nitrogen and oxygen atoms in total. The molecule has 0 aliphatic heterocycles. The number of benzene rings is 3. The first-order valence-electron chi connectivity index (χ1n) is 11.3. The van der Waals surface area contributed by atoms with Gasteiger partial charge < -0.3 is 14.6 Å². The van der Waals surface area contributed by atoms with Crippen LogP contribution >= 0.6 is 38.5 Å². The van der Waals surface area contributed by atoms with Crippen LogP contribution in [0.3, 0.4) is 0 Å². The van der Waals surface area contributed by atoms with Crippen molar-refractivity contribution in [1.82, 2.24) is 9.66 Å². The molecule has 0 bridgehead atoms. The number of rotatable bonds is 8. The third-order valence-corrected chi connectivity index (χ3v) is 6.78. The fourth-order valence-corrected chi connectivity index (χ4v) is 4.82. The summed E-state index contributed by atoms with van der Waals surface area (Å²) < 4.78 is 14.4. The number of carbonyl (C=O) groups is 1. The lowest BCUT2D eigenvalue weighted by Gasteiger charge is -2.14. The van der Waals surface area contributed by atoms with Crippen molar-refractivity contribution in [2.75, 3.05) is 7.11 Å². The normalized spacial score (nSPS) is 11.4. The van der Waals surface area contributed by atoms with Gasteiger partial charge in [-0.05, 0) is 76.2 Å². The summed E-state index contributed by atoms with van der Waals surface area (Å²) in [5, 5.41) is 14.2. The molecule has 0 spiro atoms. The van der Waals surface area contributed by atoms with Gasteiger partial charge in [0.2, 0.25) is 0 Å². The van der Waals surface area contributed by atoms with Crippen molar-refractivity contribution in [3.63, 3.8) is 0 Å². The second-order valence-electron chi connectivity index (χ2n) is 8.48. The first-order chi connectivity index (χ1) is 17.7. The first-order valence-corrected chi connectivity index (χ1v) is 13.1. The van der Waals surface area contributed by atoms with Crippen LogP contribution in [0, 0.1) is 3.57 Å². The Morgan fingerprint density at radius 1 is 1.22 bits per heavy atom. The van der Waals surface area contributed by atoms with Crippen LogP contribution in [0.1, 0.15) is 47.1 Å². The number of carboxylic acids is 1. The van der Waals surface area contributed by atoms with Crippen molar-refractivity contribution in [2.45, 2.75) is 26.4 Å². The molecule has 4 rings (SSSR count). The van der Waals surface area contributed by atoms with E-state index in [0.29, 0.717) is 33.8 Å². The van der Waals surface area contributed by atoms with E-state index >= 15 is 0 Å². The van der Waals surface area contributed by atoms with Crippen LogP contribution in [0.4, 0.5) is 0 Å². The molecule has 3 aromatic carbocycles. The second kappa shape index (κ2) is 11.4. The summed E-state index contributed by atoms with van der Waals surface area (Å²) in [7, 11) is 1.54. The standard InChI is InChI=1S/C27H23BrIN3O5/c1-15(2)25-31-22-8-7-19(28)12-20(22)26(33)32(25)30-13-17-10-21(29)24(23(11-17)36-3)37-14-16-5-4-6-18(9-16)27(34)35/h4-13,15H,14H2,1-3H3,(H,34,35). The molecule has 0 unspecified atom stereocenters. The second-order valence-corrected chi connectivity index (χ2v) is 10.6. The van der Waals surface area contributed by atoms with E-state index in [1.54, 1.807) is 36.5 Å². The molecular formula is C27H23BrIN3O5. The monoisotopic (exact) mass is 675 g/mol. The number of fused-ring (bicyclic) bond motifs is 1. The number of hydrogen-bond acceptors (Lipinski definition) is 6. The van der Waals surface area contributed by atoms with Gasteiger partial charge in [0.15, 0.2) is 11.5 Å². The van der Waals surface area contributed by atoms with E-state index in [9.17, 15) is 14.7 Å². The third kappa shape index (κ3) is 6.02. The SMILES string of the molecule is COc1cc(C=Nn2c(C(C)C)nc3ccc(Br)cc3c2=O)cc(I)c1OCc1cccc(C(=O)O)c1. The fraction of sp³-hybridized carbons (Fsp3) is 0.185. The fourth-order valence-electron chi connectivity index (χ4n) is 3.68. The van der Waals surface area contributed by atoms with E-state index in [0.717, 1.165) is 13.6 Å². The van der Waals surface area contributed by atoms with Crippen LogP contribution < -0.4 is 15.0 Å². The highest BCUT2D eigenvalue weighted by Gasteiger charge is 2.15. The Hall–Kier alpha value is -3.25. The highest BCUT2D eigenvalue weighted by molar-refractivity contribution is 14.1. The minimum Gasteiger partial charge on any atom is -0.493 e. The van der Waals surface area contributed by atoms with Crippen molar-refractivity contribution >= 4 is 61.6 Å². The Balaban J connectivity index is 1.66. The van der Waals surface area contributed by atoms with E-state index in [2.05, 4.69) is 48.6 Å². The molecular weight excluding hydrogens is 653 g/mol. The minimum atomic E-state index is -0.994. The van der Waals surface area contributed by atoms with E-state index in [1.807, 2.05) is 32.0 Å². The smallest absolute Gasteiger partial charge is 0.335 e. The van der Waals surface area contributed by atoms with Crippen LogP contribution in [0.15, 0.2) is 69.0 Å². The van der Waals surface area contributed by atoms with Gasteiger partial charge in [-0.1, -0.05) is 41.9 Å². The molecule has 4 aromatic rings. The zero-order chi connectivity index (χ0) is 26.7. The summed E-state index contributed by atoms with van der Waals surface area (Å²) in [6.07, 6.45) is 1.59. The highest BCUT2D eigenvalue weighted by atomic mass is 127. The maximum absolute atomic E-state index is 13.3. The molecule has 0 saturated carbocycles. The van der Waals surface area contributed by atoms with Gasteiger partial charge in [0.25, 0.3) is 5.56 Å². The maximum atomic E-state index is 13.3. The Kier molecular flexibility index (Phi) is 8.28. The molecule has 10 heteroatoms. The lowest BCUT2D eigenvalue weighted by molar-refractivity contribution is 0.0696. The Morgan fingerprint density at radius 3 is 2.70 bits per heavy atom. The summed E-state index contributed by atoms with van der Waals surface area (Å²) >= 11 is 5.56. The topological polar surface area (TPSA) is 103 Å². The lowest BCUT2D eigenvalue weighted by atomic mass is 10.1. The maximum Gasteiger partial charge on any atom is 0.335 e. The van der Waals surface area contributed by atoms with Crippen molar-refractivity contribution in [3.05, 3.63) is 95.5 Å². The molecule has 0 radical (unpaired) electrons. The number of ether oxygens (including phenoxy) is 2. The highest BCUT2D eigenvalue weighted by Crippen LogP contribution is 2.34. The molecule has 0 aliphatic rings. The molecule has 1 aromatic heterocycles. The molecule has 1 N–H and O–H groups in total. The number of aromatic nitrogens is 2. The van der Waals surface area contributed by atoms with E-state index in [-0.39, 0.29) is 23.6 Å². The molecule has 0 saturated heterocycles. The summed E-state index contributed by atoms with van der Waals surface area (Å²) in [5.41, 5.74) is 1.99. The van der Waals surface area contributed by atoms with Crippen molar-refractivity contribution < 1.29 is 19.4 Å². The van der Waals surface area contributed by atoms with Crippen LogP contribution in [-0.4, -0.2) is 34.1 Å². The molecule has 0 atom stereocenters. The van der Waals surface area contributed by atoms with E-state index < -0.39 is 5.97 Å². The quantitative estimate of drug-likeness (QED) is 0.180. The van der Waals surface area contributed by atoms with E-state index in [1.165, 1.54) is 17.9 Å². The molecule has 37 heavy (non-hydrogen) atoms. The van der Waals surface area contributed by atoms with Crippen LogP contribution in [-0.2, 0) is 6.61 Å². The average molecular weight is 676 g/mol. The molecule has 190 valence electrons. The van der Waals surface area contributed by atoms with E-state index in [4.69, 9.17) is 9.47 Å². The van der Waals surface area contributed by atoms with Gasteiger partial charge in [-0.25, -0.2) is 9.78 Å². The largest absolute Gasteiger partial charge is 0.493 e. The van der Waals surface area contributed by atoms with Gasteiger partial charge in [0, 0.05) is 10.4 Å². The van der Waals surface area contributed by atoms with Crippen LogP contribution in [0.5, 0.6) is 11.5 Å². The Bertz CT molecular complexity index is 1580. The zero-order valence-corrected chi connectivity index (χ0v) is 24.0. The number of methoxy groups -OCH3 is 1. The molecule has 0 aliphatic carbocycles. The van der Waals surface area contributed by atoms with Crippen molar-refractivity contribution in [2.24, 2.45) is 5.10 Å². The number of carboxylic acid groups (broad SMARTS) is 1.